The van der Waals surface area contributed by atoms with Crippen LogP contribution in [0.5, 0.6) is 0 Å². The van der Waals surface area contributed by atoms with Crippen molar-refractivity contribution in [3.63, 3.8) is 0 Å². The Morgan fingerprint density at radius 1 is 0.750 bits per heavy atom. The minimum absolute atomic E-state index is 0. The van der Waals surface area contributed by atoms with E-state index in [0.29, 0.717) is 3.63 Å². The molecule has 0 radical (unpaired) electrons. The van der Waals surface area contributed by atoms with E-state index in [0.717, 1.165) is 19.3 Å². The molecule has 0 nitrogen and oxygen atoms in total. The Labute approximate surface area is 211 Å². The Kier molecular flexibility index (Phi) is 9.24. The number of benzene rings is 3. The van der Waals surface area contributed by atoms with Gasteiger partial charge in [0.15, 0.2) is 0 Å². The van der Waals surface area contributed by atoms with Crippen molar-refractivity contribution in [1.82, 2.24) is 0 Å². The predicted octanol–water partition coefficient (Wildman–Crippen LogP) is 7.72. The summed E-state index contributed by atoms with van der Waals surface area (Å²) in [5.41, 5.74) is 5.87. The van der Waals surface area contributed by atoms with Crippen LogP contribution in [0.3, 0.4) is 0 Å². The van der Waals surface area contributed by atoms with Crippen LogP contribution in [0.2, 0.25) is 0 Å². The van der Waals surface area contributed by atoms with Crippen LogP contribution in [0.15, 0.2) is 113 Å². The van der Waals surface area contributed by atoms with Crippen molar-refractivity contribution in [2.24, 2.45) is 0 Å². The zero-order valence-corrected chi connectivity index (χ0v) is 22.1. The van der Waals surface area contributed by atoms with Gasteiger partial charge in [0.1, 0.15) is 0 Å². The number of hydrogen-bond donors (Lipinski definition) is 0. The van der Waals surface area contributed by atoms with E-state index < -0.39 is 21.3 Å². The van der Waals surface area contributed by atoms with Gasteiger partial charge in [-0.2, -0.15) is 0 Å². The van der Waals surface area contributed by atoms with Gasteiger partial charge in [0.25, 0.3) is 0 Å². The molecule has 0 spiro atoms. The van der Waals surface area contributed by atoms with E-state index >= 15 is 0 Å². The molecular formula is C29H28Cl2Zr. The van der Waals surface area contributed by atoms with E-state index in [1.807, 2.05) is 0 Å². The quantitative estimate of drug-likeness (QED) is 0.301. The monoisotopic (exact) mass is 536 g/mol. The third kappa shape index (κ3) is 5.58. The zero-order chi connectivity index (χ0) is 20.2. The van der Waals surface area contributed by atoms with Crippen LogP contribution in [0.4, 0.5) is 0 Å². The van der Waals surface area contributed by atoms with Gasteiger partial charge < -0.3 is 0 Å². The van der Waals surface area contributed by atoms with Gasteiger partial charge >= 0.3 is 188 Å². The standard InChI is InChI=1S/C15H14.C9H7.C5H5.2ClH.Zr/c1-3-8-14(9-4-1)12-7-13-15-10-5-2-6-11-15;1-2-5-9-7-3-6-8(9)4-1;1-2-4-5-3-1;;;/h1-6,8-11H,12-13H2;1-7H;1-3H,4H2;2*1H;. The van der Waals surface area contributed by atoms with Crippen molar-refractivity contribution in [1.29, 1.82) is 0 Å². The van der Waals surface area contributed by atoms with E-state index in [1.54, 1.807) is 12.1 Å². The molecule has 1 atom stereocenters. The second-order valence-corrected chi connectivity index (χ2v) is 15.0. The normalized spacial score (nSPS) is 15.4. The fourth-order valence-corrected chi connectivity index (χ4v) is 13.5. The van der Waals surface area contributed by atoms with Gasteiger partial charge in [-0.15, -0.1) is 24.8 Å². The fourth-order valence-electron chi connectivity index (χ4n) is 4.73. The summed E-state index contributed by atoms with van der Waals surface area (Å²) in [7, 11) is 0. The first-order valence-electron chi connectivity index (χ1n) is 10.8. The number of fused-ring (bicyclic) bond motifs is 1. The van der Waals surface area contributed by atoms with Gasteiger partial charge in [-0.25, -0.2) is 0 Å². The number of allylic oxidation sites excluding steroid dienone is 5. The third-order valence-electron chi connectivity index (χ3n) is 6.13. The Hall–Kier alpha value is -1.79. The Bertz CT molecular complexity index is 1110. The number of halogens is 2. The Balaban J connectivity index is 0.00000144. The maximum atomic E-state index is 2.52. The third-order valence-corrected chi connectivity index (χ3v) is 14.2. The summed E-state index contributed by atoms with van der Waals surface area (Å²) in [6, 6.07) is 31.2. The number of rotatable bonds is 6. The topological polar surface area (TPSA) is 0 Å². The van der Waals surface area contributed by atoms with Crippen molar-refractivity contribution >= 4 is 34.1 Å². The first-order chi connectivity index (χ1) is 14.9. The van der Waals surface area contributed by atoms with Crippen LogP contribution >= 0.6 is 24.8 Å². The van der Waals surface area contributed by atoms with Crippen molar-refractivity contribution in [3.05, 3.63) is 135 Å². The SMILES string of the molecule is C1=CC[C]([Zr](=[C](Cc2ccccc2)Cc2ccccc2)[CH]2C=Cc3ccccc32)=C1.Cl.Cl. The minimum atomic E-state index is -2.16. The average Bonchev–Trinajstić information content (AvgIpc) is 3.47. The molecule has 3 aromatic carbocycles. The molecule has 0 heterocycles. The molecule has 0 saturated heterocycles. The fraction of sp³-hybridized carbons (Fsp3) is 0.138. The van der Waals surface area contributed by atoms with Crippen LogP contribution < -0.4 is 0 Å². The van der Waals surface area contributed by atoms with E-state index in [4.69, 9.17) is 0 Å². The van der Waals surface area contributed by atoms with Gasteiger partial charge in [0.05, 0.1) is 0 Å². The molecule has 0 aliphatic heterocycles. The molecule has 3 aromatic rings. The predicted molar refractivity (Wildman–Crippen MR) is 140 cm³/mol. The molecule has 0 saturated carbocycles. The largest absolute Gasteiger partial charge is 0.147 e. The Morgan fingerprint density at radius 3 is 1.94 bits per heavy atom. The molecule has 2 aliphatic carbocycles. The van der Waals surface area contributed by atoms with Crippen molar-refractivity contribution in [3.8, 4) is 0 Å². The molecule has 0 N–H and O–H groups in total. The summed E-state index contributed by atoms with van der Waals surface area (Å²) >= 11 is -2.16. The molecular weight excluding hydrogens is 510 g/mol. The van der Waals surface area contributed by atoms with Gasteiger partial charge in [-0.1, -0.05) is 0 Å². The summed E-state index contributed by atoms with van der Waals surface area (Å²) in [6.07, 6.45) is 15.3. The van der Waals surface area contributed by atoms with Crippen LogP contribution in [0.1, 0.15) is 32.3 Å². The van der Waals surface area contributed by atoms with E-state index in [-0.39, 0.29) is 24.8 Å². The van der Waals surface area contributed by atoms with Crippen LogP contribution in [0.25, 0.3) is 6.08 Å². The van der Waals surface area contributed by atoms with Crippen molar-refractivity contribution in [2.45, 2.75) is 22.9 Å². The molecule has 162 valence electrons. The first kappa shape index (κ1) is 24.8. The zero-order valence-electron chi connectivity index (χ0n) is 18.0. The second-order valence-electron chi connectivity index (χ2n) is 8.13. The Morgan fingerprint density at radius 2 is 1.34 bits per heavy atom. The van der Waals surface area contributed by atoms with Gasteiger partial charge in [0.2, 0.25) is 0 Å². The van der Waals surface area contributed by atoms with E-state index in [9.17, 15) is 0 Å². The van der Waals surface area contributed by atoms with Crippen LogP contribution in [-0.2, 0) is 34.1 Å². The molecule has 0 aromatic heterocycles. The maximum absolute atomic E-state index is 2.52. The summed E-state index contributed by atoms with van der Waals surface area (Å²) in [4.78, 5) is 0. The summed E-state index contributed by atoms with van der Waals surface area (Å²) < 4.78 is 4.15. The maximum Gasteiger partial charge on any atom is -0.147 e. The molecule has 0 fully saturated rings. The van der Waals surface area contributed by atoms with Crippen molar-refractivity contribution in [2.75, 3.05) is 0 Å². The molecule has 2 aliphatic rings. The molecule has 32 heavy (non-hydrogen) atoms. The van der Waals surface area contributed by atoms with Gasteiger partial charge in [-0.3, -0.25) is 0 Å². The second kappa shape index (κ2) is 11.9. The first-order valence-corrected chi connectivity index (χ1v) is 14.7. The summed E-state index contributed by atoms with van der Waals surface area (Å²) in [5.74, 6) is 0. The van der Waals surface area contributed by atoms with Crippen LogP contribution in [0, 0.1) is 0 Å². The average molecular weight is 539 g/mol. The molecule has 5 rings (SSSR count). The molecule has 1 unspecified atom stereocenters. The summed E-state index contributed by atoms with van der Waals surface area (Å²) in [6.45, 7) is 0. The smallest absolute Gasteiger partial charge is 0.147 e. The summed E-state index contributed by atoms with van der Waals surface area (Å²) in [5, 5.41) is 0. The molecule has 3 heteroatoms. The van der Waals surface area contributed by atoms with Crippen LogP contribution in [-0.4, -0.2) is 3.21 Å². The minimum Gasteiger partial charge on any atom is -0.147 e. The van der Waals surface area contributed by atoms with E-state index in [2.05, 4.69) is 115 Å². The van der Waals surface area contributed by atoms with E-state index in [1.165, 1.54) is 16.7 Å². The van der Waals surface area contributed by atoms with Gasteiger partial charge in [0, 0.05) is 0 Å². The number of hydrogen-bond acceptors (Lipinski definition) is 0. The molecule has 0 bridgehead atoms. The van der Waals surface area contributed by atoms with Gasteiger partial charge in [-0.05, 0) is 0 Å². The van der Waals surface area contributed by atoms with Crippen molar-refractivity contribution < 1.29 is 21.3 Å². The molecule has 0 amide bonds.